The molecule has 1 aliphatic rings. The van der Waals surface area contributed by atoms with Crippen LogP contribution in [0.5, 0.6) is 0 Å². The zero-order valence-electron chi connectivity index (χ0n) is 10.2. The van der Waals surface area contributed by atoms with Crippen molar-refractivity contribution < 1.29 is 0 Å². The maximum absolute atomic E-state index is 5.93. The summed E-state index contributed by atoms with van der Waals surface area (Å²) >= 11 is 5.93. The van der Waals surface area contributed by atoms with E-state index in [1.807, 2.05) is 12.1 Å². The van der Waals surface area contributed by atoms with Crippen molar-refractivity contribution in [3.05, 3.63) is 29.0 Å². The van der Waals surface area contributed by atoms with Gasteiger partial charge in [0.15, 0.2) is 0 Å². The minimum absolute atomic E-state index is 0.193. The molecule has 1 aromatic heterocycles. The summed E-state index contributed by atoms with van der Waals surface area (Å²) in [6.45, 7) is 2.32. The number of hydrogen-bond acceptors (Lipinski definition) is 3. The van der Waals surface area contributed by atoms with E-state index >= 15 is 0 Å². The Balaban J connectivity index is 2.15. The van der Waals surface area contributed by atoms with E-state index < -0.39 is 0 Å². The summed E-state index contributed by atoms with van der Waals surface area (Å²) < 4.78 is 0. The first-order chi connectivity index (χ1) is 8.20. The van der Waals surface area contributed by atoms with Gasteiger partial charge in [0.05, 0.1) is 0 Å². The fraction of sp³-hybridized carbons (Fsp3) is 0.615. The fourth-order valence-electron chi connectivity index (χ4n) is 2.90. The van der Waals surface area contributed by atoms with Crippen molar-refractivity contribution in [2.24, 2.45) is 17.7 Å². The van der Waals surface area contributed by atoms with E-state index in [4.69, 9.17) is 17.4 Å². The molecular weight excluding hydrogens is 234 g/mol. The zero-order valence-corrected chi connectivity index (χ0v) is 11.0. The van der Waals surface area contributed by atoms with Gasteiger partial charge in [-0.3, -0.25) is 11.3 Å². The van der Waals surface area contributed by atoms with Crippen LogP contribution in [0, 0.1) is 11.8 Å². The number of aromatic nitrogens is 1. The molecule has 2 rings (SSSR count). The van der Waals surface area contributed by atoms with E-state index in [9.17, 15) is 0 Å². The van der Waals surface area contributed by atoms with Crippen molar-refractivity contribution in [1.29, 1.82) is 0 Å². The van der Waals surface area contributed by atoms with Crippen molar-refractivity contribution in [3.8, 4) is 0 Å². The number of rotatable bonds is 3. The molecule has 0 bridgehead atoms. The summed E-state index contributed by atoms with van der Waals surface area (Å²) in [4.78, 5) is 4.01. The molecule has 0 radical (unpaired) electrons. The molecule has 3 unspecified atom stereocenters. The Bertz CT molecular complexity index is 369. The van der Waals surface area contributed by atoms with Crippen LogP contribution in [-0.2, 0) is 0 Å². The topological polar surface area (TPSA) is 50.9 Å². The molecule has 3 N–H and O–H groups in total. The van der Waals surface area contributed by atoms with Crippen LogP contribution in [0.15, 0.2) is 18.3 Å². The summed E-state index contributed by atoms with van der Waals surface area (Å²) in [5, 5.41) is 0.534. The van der Waals surface area contributed by atoms with Gasteiger partial charge in [0.2, 0.25) is 0 Å². The third kappa shape index (κ3) is 3.18. The molecule has 0 spiro atoms. The molecule has 3 nitrogen and oxygen atoms in total. The van der Waals surface area contributed by atoms with Crippen molar-refractivity contribution in [2.45, 2.75) is 38.6 Å². The van der Waals surface area contributed by atoms with Crippen LogP contribution >= 0.6 is 11.6 Å². The van der Waals surface area contributed by atoms with Crippen LogP contribution in [0.3, 0.4) is 0 Å². The van der Waals surface area contributed by atoms with Crippen LogP contribution in [0.25, 0.3) is 0 Å². The van der Waals surface area contributed by atoms with Crippen LogP contribution in [-0.4, -0.2) is 4.98 Å². The lowest BCUT2D eigenvalue weighted by Crippen LogP contribution is -2.35. The van der Waals surface area contributed by atoms with Gasteiger partial charge in [-0.2, -0.15) is 0 Å². The van der Waals surface area contributed by atoms with Crippen molar-refractivity contribution in [1.82, 2.24) is 10.4 Å². The predicted molar refractivity (Wildman–Crippen MR) is 70.4 cm³/mol. The monoisotopic (exact) mass is 253 g/mol. The molecule has 94 valence electrons. The van der Waals surface area contributed by atoms with Crippen LogP contribution in [0.1, 0.15) is 44.2 Å². The molecule has 0 aromatic carbocycles. The van der Waals surface area contributed by atoms with Gasteiger partial charge >= 0.3 is 0 Å². The maximum Gasteiger partial charge on any atom is 0.129 e. The Morgan fingerprint density at radius 2 is 2.35 bits per heavy atom. The molecule has 1 aliphatic carbocycles. The highest BCUT2D eigenvalue weighted by Crippen LogP contribution is 2.36. The smallest absolute Gasteiger partial charge is 0.129 e. The molecular formula is C13H20ClN3. The molecule has 17 heavy (non-hydrogen) atoms. The Labute approximate surface area is 108 Å². The second-order valence-electron chi connectivity index (χ2n) is 5.09. The largest absolute Gasteiger partial charge is 0.271 e. The highest BCUT2D eigenvalue weighted by molar-refractivity contribution is 6.29. The number of hydrogen-bond donors (Lipinski definition) is 2. The molecule has 3 atom stereocenters. The van der Waals surface area contributed by atoms with Crippen LogP contribution in [0.2, 0.25) is 5.15 Å². The van der Waals surface area contributed by atoms with Crippen LogP contribution < -0.4 is 11.3 Å². The molecule has 1 fully saturated rings. The first-order valence-corrected chi connectivity index (χ1v) is 6.66. The molecule has 4 heteroatoms. The van der Waals surface area contributed by atoms with Crippen molar-refractivity contribution in [3.63, 3.8) is 0 Å². The van der Waals surface area contributed by atoms with Gasteiger partial charge in [0, 0.05) is 12.2 Å². The number of nitrogens with zero attached hydrogens (tertiary/aromatic N) is 1. The van der Waals surface area contributed by atoms with E-state index in [0.717, 1.165) is 11.5 Å². The van der Waals surface area contributed by atoms with E-state index in [-0.39, 0.29) is 6.04 Å². The van der Waals surface area contributed by atoms with Gasteiger partial charge in [0.25, 0.3) is 0 Å². The average Bonchev–Trinajstić information content (AvgIpc) is 2.30. The lowest BCUT2D eigenvalue weighted by molar-refractivity contribution is 0.224. The van der Waals surface area contributed by atoms with Crippen molar-refractivity contribution in [2.75, 3.05) is 0 Å². The Morgan fingerprint density at radius 3 is 3.00 bits per heavy atom. The lowest BCUT2D eigenvalue weighted by Gasteiger charge is -2.33. The number of hydrazine groups is 1. The van der Waals surface area contributed by atoms with E-state index in [1.165, 1.54) is 25.7 Å². The molecule has 1 aromatic rings. The van der Waals surface area contributed by atoms with Gasteiger partial charge in [-0.1, -0.05) is 31.4 Å². The second kappa shape index (κ2) is 5.80. The molecule has 0 saturated heterocycles. The third-order valence-electron chi connectivity index (χ3n) is 3.74. The first kappa shape index (κ1) is 12.8. The number of nitrogens with two attached hydrogens (primary N) is 1. The van der Waals surface area contributed by atoms with Gasteiger partial charge in [-0.15, -0.1) is 0 Å². The van der Waals surface area contributed by atoms with Gasteiger partial charge in [0.1, 0.15) is 5.15 Å². The first-order valence-electron chi connectivity index (χ1n) is 6.28. The molecule has 1 saturated carbocycles. The standard InChI is InChI=1S/C13H20ClN3/c1-9-3-2-4-10(7-9)13(17-15)11-5-6-16-12(14)8-11/h5-6,8-10,13,17H,2-4,7,15H2,1H3. The summed E-state index contributed by atoms with van der Waals surface area (Å²) in [6, 6.07) is 4.10. The second-order valence-corrected chi connectivity index (χ2v) is 5.48. The van der Waals surface area contributed by atoms with E-state index in [2.05, 4.69) is 17.3 Å². The number of halogens is 1. The molecule has 1 heterocycles. The quantitative estimate of drug-likeness (QED) is 0.495. The minimum atomic E-state index is 0.193. The molecule has 0 amide bonds. The summed E-state index contributed by atoms with van der Waals surface area (Å²) in [5.41, 5.74) is 4.09. The SMILES string of the molecule is CC1CCCC(C(NN)c2ccnc(Cl)c2)C1. The average molecular weight is 254 g/mol. The third-order valence-corrected chi connectivity index (χ3v) is 3.94. The van der Waals surface area contributed by atoms with E-state index in [0.29, 0.717) is 11.1 Å². The Hall–Kier alpha value is -0.640. The number of nitrogens with one attached hydrogen (secondary N) is 1. The Kier molecular flexibility index (Phi) is 4.37. The van der Waals surface area contributed by atoms with Gasteiger partial charge in [-0.05, 0) is 42.4 Å². The van der Waals surface area contributed by atoms with Crippen molar-refractivity contribution >= 4 is 11.6 Å². The highest BCUT2D eigenvalue weighted by atomic mass is 35.5. The summed E-state index contributed by atoms with van der Waals surface area (Å²) in [6.07, 6.45) is 6.84. The fourth-order valence-corrected chi connectivity index (χ4v) is 3.08. The minimum Gasteiger partial charge on any atom is -0.271 e. The van der Waals surface area contributed by atoms with E-state index in [1.54, 1.807) is 6.20 Å². The summed E-state index contributed by atoms with van der Waals surface area (Å²) in [7, 11) is 0. The summed E-state index contributed by atoms with van der Waals surface area (Å²) in [5.74, 6) is 7.11. The Morgan fingerprint density at radius 1 is 1.53 bits per heavy atom. The van der Waals surface area contributed by atoms with Crippen LogP contribution in [0.4, 0.5) is 0 Å². The highest BCUT2D eigenvalue weighted by Gasteiger charge is 2.27. The van der Waals surface area contributed by atoms with Gasteiger partial charge < -0.3 is 0 Å². The number of pyridine rings is 1. The normalized spacial score (nSPS) is 26.8. The van der Waals surface area contributed by atoms with Gasteiger partial charge in [-0.25, -0.2) is 4.98 Å². The lowest BCUT2D eigenvalue weighted by atomic mass is 9.77. The molecule has 0 aliphatic heterocycles. The zero-order chi connectivity index (χ0) is 12.3. The maximum atomic E-state index is 5.93. The predicted octanol–water partition coefficient (Wildman–Crippen LogP) is 3.07.